The Morgan fingerprint density at radius 3 is 2.47 bits per heavy atom. The van der Waals surface area contributed by atoms with E-state index in [1.807, 2.05) is 44.2 Å². The van der Waals surface area contributed by atoms with Gasteiger partial charge in [-0.2, -0.15) is 0 Å². The fourth-order valence-corrected chi connectivity index (χ4v) is 5.69. The molecule has 0 saturated carbocycles. The third-order valence-corrected chi connectivity index (χ3v) is 8.44. The first kappa shape index (κ1) is 35.7. The Morgan fingerprint density at radius 2 is 1.77 bits per heavy atom. The maximum atomic E-state index is 14.4. The van der Waals surface area contributed by atoms with Crippen LogP contribution in [0.15, 0.2) is 72.8 Å². The zero-order valence-corrected chi connectivity index (χ0v) is 28.3. The summed E-state index contributed by atoms with van der Waals surface area (Å²) in [6.07, 6.45) is 2.32. The van der Waals surface area contributed by atoms with Crippen LogP contribution < -0.4 is 20.1 Å². The lowest BCUT2D eigenvalue weighted by Crippen LogP contribution is -2.47. The first-order chi connectivity index (χ1) is 22.7. The molecule has 3 aromatic rings. The fraction of sp³-hybridized carbons (Fsp3) is 0.459. The standard InChI is InChI=1S/C37H50N4O6/c1-26-22-41(27(2)25-42)36(43)33-21-31(39-37(44)38-30-12-7-6-8-13-30)16-19-34(33)47-28(3)11-9-10-20-46-35(26)24-40(4)23-29-14-17-32(45-5)18-15-29/h6-8,12-19,21,26-28,35,42H,9-11,20,22-25H2,1-5H3,(H2,38,39,44)/t26-,27+,28-,35+/m0/s1. The number of likely N-dealkylation sites (N-methyl/N-ethyl adjacent to an activating group) is 1. The van der Waals surface area contributed by atoms with Gasteiger partial charge in [0.25, 0.3) is 5.91 Å². The third-order valence-electron chi connectivity index (χ3n) is 8.44. The van der Waals surface area contributed by atoms with Gasteiger partial charge in [0.2, 0.25) is 0 Å². The summed E-state index contributed by atoms with van der Waals surface area (Å²) in [5.41, 5.74) is 2.60. The largest absolute Gasteiger partial charge is 0.497 e. The predicted octanol–water partition coefficient (Wildman–Crippen LogP) is 6.27. The number of benzene rings is 3. The molecule has 4 atom stereocenters. The SMILES string of the molecule is COc1ccc(CN(C)C[C@H]2OCCCC[C@H](C)Oc3ccc(NC(=O)Nc4ccccc4)cc3C(=O)N([C@H](C)CO)C[C@@H]2C)cc1. The van der Waals surface area contributed by atoms with Crippen molar-refractivity contribution in [3.63, 3.8) is 0 Å². The van der Waals surface area contributed by atoms with Crippen LogP contribution in [-0.4, -0.2) is 85.6 Å². The molecule has 3 N–H and O–H groups in total. The summed E-state index contributed by atoms with van der Waals surface area (Å²) in [4.78, 5) is 31.1. The maximum absolute atomic E-state index is 14.4. The van der Waals surface area contributed by atoms with Gasteiger partial charge < -0.3 is 34.9 Å². The zero-order valence-electron chi connectivity index (χ0n) is 28.3. The number of carbonyl (C=O) groups is 2. The summed E-state index contributed by atoms with van der Waals surface area (Å²) in [5.74, 6) is 0.941. The highest BCUT2D eigenvalue weighted by atomic mass is 16.5. The number of hydrogen-bond donors (Lipinski definition) is 3. The Balaban J connectivity index is 1.57. The quantitative estimate of drug-likeness (QED) is 0.251. The van der Waals surface area contributed by atoms with Crippen LogP contribution in [0.25, 0.3) is 0 Å². The van der Waals surface area contributed by atoms with Crippen molar-refractivity contribution in [2.45, 2.75) is 64.8 Å². The number of rotatable bonds is 9. The molecule has 0 unspecified atom stereocenters. The predicted molar refractivity (Wildman–Crippen MR) is 185 cm³/mol. The number of ether oxygens (including phenoxy) is 3. The molecule has 0 bridgehead atoms. The first-order valence-corrected chi connectivity index (χ1v) is 16.5. The molecule has 0 spiro atoms. The molecule has 0 saturated heterocycles. The van der Waals surface area contributed by atoms with E-state index >= 15 is 0 Å². The van der Waals surface area contributed by atoms with Crippen molar-refractivity contribution in [1.82, 2.24) is 9.80 Å². The number of fused-ring (bicyclic) bond motifs is 1. The van der Waals surface area contributed by atoms with E-state index in [0.717, 1.165) is 31.6 Å². The highest BCUT2D eigenvalue weighted by molar-refractivity contribution is 6.02. The van der Waals surface area contributed by atoms with Crippen LogP contribution in [0.1, 0.15) is 56.0 Å². The number of hydrogen-bond acceptors (Lipinski definition) is 7. The number of anilines is 2. The highest BCUT2D eigenvalue weighted by Gasteiger charge is 2.30. The monoisotopic (exact) mass is 646 g/mol. The number of methoxy groups -OCH3 is 1. The van der Waals surface area contributed by atoms with Crippen LogP contribution in [0.2, 0.25) is 0 Å². The molecule has 3 aromatic carbocycles. The van der Waals surface area contributed by atoms with Crippen LogP contribution in [0.5, 0.6) is 11.5 Å². The number of nitrogens with one attached hydrogen (secondary N) is 2. The molecule has 47 heavy (non-hydrogen) atoms. The molecule has 254 valence electrons. The number of aliphatic hydroxyl groups excluding tert-OH is 1. The molecule has 10 nitrogen and oxygen atoms in total. The number of nitrogens with zero attached hydrogens (tertiary/aromatic N) is 2. The second-order valence-electron chi connectivity index (χ2n) is 12.5. The maximum Gasteiger partial charge on any atom is 0.323 e. The zero-order chi connectivity index (χ0) is 33.8. The molecule has 1 aliphatic heterocycles. The summed E-state index contributed by atoms with van der Waals surface area (Å²) in [5, 5.41) is 15.9. The average molecular weight is 647 g/mol. The smallest absolute Gasteiger partial charge is 0.323 e. The van der Waals surface area contributed by atoms with Crippen LogP contribution in [-0.2, 0) is 11.3 Å². The van der Waals surface area contributed by atoms with Gasteiger partial charge in [-0.25, -0.2) is 4.79 Å². The summed E-state index contributed by atoms with van der Waals surface area (Å²) < 4.78 is 18.1. The molecule has 0 aliphatic carbocycles. The molecule has 1 aliphatic rings. The number of carbonyl (C=O) groups excluding carboxylic acids is 2. The fourth-order valence-electron chi connectivity index (χ4n) is 5.69. The summed E-state index contributed by atoms with van der Waals surface area (Å²) in [7, 11) is 3.73. The van der Waals surface area contributed by atoms with E-state index in [9.17, 15) is 14.7 Å². The minimum Gasteiger partial charge on any atom is -0.497 e. The molecule has 4 rings (SSSR count). The Morgan fingerprint density at radius 1 is 1.04 bits per heavy atom. The van der Waals surface area contributed by atoms with E-state index in [4.69, 9.17) is 14.2 Å². The lowest BCUT2D eigenvalue weighted by atomic mass is 10.0. The van der Waals surface area contributed by atoms with Gasteiger partial charge in [-0.3, -0.25) is 9.69 Å². The van der Waals surface area contributed by atoms with E-state index < -0.39 is 12.1 Å². The highest BCUT2D eigenvalue weighted by Crippen LogP contribution is 2.29. The average Bonchev–Trinajstić information content (AvgIpc) is 3.06. The Labute approximate surface area is 279 Å². The van der Waals surface area contributed by atoms with Gasteiger partial charge in [-0.1, -0.05) is 37.3 Å². The van der Waals surface area contributed by atoms with Gasteiger partial charge in [0, 0.05) is 43.5 Å². The Kier molecular flexibility index (Phi) is 13.5. The van der Waals surface area contributed by atoms with Crippen LogP contribution in [0, 0.1) is 5.92 Å². The number of para-hydroxylation sites is 1. The van der Waals surface area contributed by atoms with Crippen molar-refractivity contribution in [2.24, 2.45) is 5.92 Å². The topological polar surface area (TPSA) is 113 Å². The minimum atomic E-state index is -0.459. The summed E-state index contributed by atoms with van der Waals surface area (Å²) in [6.45, 7) is 8.09. The van der Waals surface area contributed by atoms with E-state index in [2.05, 4.69) is 41.6 Å². The van der Waals surface area contributed by atoms with Crippen LogP contribution in [0.3, 0.4) is 0 Å². The van der Waals surface area contributed by atoms with Crippen molar-refractivity contribution in [1.29, 1.82) is 0 Å². The van der Waals surface area contributed by atoms with Crippen LogP contribution in [0.4, 0.5) is 16.2 Å². The van der Waals surface area contributed by atoms with Crippen molar-refractivity contribution in [3.8, 4) is 11.5 Å². The lowest BCUT2D eigenvalue weighted by molar-refractivity contribution is -0.0177. The minimum absolute atomic E-state index is 0.0459. The Bertz CT molecular complexity index is 1420. The second-order valence-corrected chi connectivity index (χ2v) is 12.5. The molecule has 1 heterocycles. The summed E-state index contributed by atoms with van der Waals surface area (Å²) in [6, 6.07) is 21.4. The third kappa shape index (κ3) is 10.7. The van der Waals surface area contributed by atoms with E-state index in [0.29, 0.717) is 42.4 Å². The first-order valence-electron chi connectivity index (χ1n) is 16.5. The van der Waals surface area contributed by atoms with Gasteiger partial charge in [-0.05, 0) is 88.2 Å². The van der Waals surface area contributed by atoms with E-state index in [1.165, 1.54) is 5.56 Å². The van der Waals surface area contributed by atoms with Gasteiger partial charge in [0.1, 0.15) is 11.5 Å². The Hall–Kier alpha value is -4.12. The van der Waals surface area contributed by atoms with Crippen molar-refractivity contribution in [3.05, 3.63) is 83.9 Å². The molecular weight excluding hydrogens is 596 g/mol. The molecule has 3 amide bonds. The van der Waals surface area contributed by atoms with E-state index in [1.54, 1.807) is 42.3 Å². The molecule has 0 aromatic heterocycles. The molecule has 0 radical (unpaired) electrons. The van der Waals surface area contributed by atoms with Crippen molar-refractivity contribution < 1.29 is 28.9 Å². The number of amides is 3. The van der Waals surface area contributed by atoms with E-state index in [-0.39, 0.29) is 30.6 Å². The second kappa shape index (κ2) is 17.7. The van der Waals surface area contributed by atoms with Crippen molar-refractivity contribution in [2.75, 3.05) is 51.1 Å². The lowest BCUT2D eigenvalue weighted by Gasteiger charge is -2.36. The number of aliphatic hydroxyl groups is 1. The van der Waals surface area contributed by atoms with Crippen molar-refractivity contribution >= 4 is 23.3 Å². The van der Waals surface area contributed by atoms with Gasteiger partial charge in [0.05, 0.1) is 37.5 Å². The molecule has 10 heteroatoms. The number of urea groups is 1. The van der Waals surface area contributed by atoms with Gasteiger partial charge in [0.15, 0.2) is 0 Å². The van der Waals surface area contributed by atoms with Gasteiger partial charge >= 0.3 is 6.03 Å². The molecular formula is C37H50N4O6. The van der Waals surface area contributed by atoms with Crippen LogP contribution >= 0.6 is 0 Å². The summed E-state index contributed by atoms with van der Waals surface area (Å²) >= 11 is 0. The normalized spacial score (nSPS) is 20.0. The molecule has 0 fully saturated rings. The van der Waals surface area contributed by atoms with Gasteiger partial charge in [-0.15, -0.1) is 0 Å².